The van der Waals surface area contributed by atoms with Crippen molar-refractivity contribution in [2.45, 2.75) is 12.5 Å². The van der Waals surface area contributed by atoms with Crippen LogP contribution in [0.5, 0.6) is 0 Å². The lowest BCUT2D eigenvalue weighted by atomic mass is 10.1. The fourth-order valence-corrected chi connectivity index (χ4v) is 1.94. The molecule has 108 valence electrons. The SMILES string of the molecule is O=C(O)c1cccc(CCNC(=O)[C@@H]2COCCO2)c1. The summed E-state index contributed by atoms with van der Waals surface area (Å²) in [5, 5.41) is 11.7. The lowest BCUT2D eigenvalue weighted by Gasteiger charge is -2.22. The fourth-order valence-electron chi connectivity index (χ4n) is 1.94. The van der Waals surface area contributed by atoms with Crippen LogP contribution < -0.4 is 5.32 Å². The van der Waals surface area contributed by atoms with Crippen LogP contribution >= 0.6 is 0 Å². The number of nitrogens with one attached hydrogen (secondary N) is 1. The highest BCUT2D eigenvalue weighted by Gasteiger charge is 2.21. The van der Waals surface area contributed by atoms with Crippen molar-refractivity contribution >= 4 is 11.9 Å². The molecule has 1 aromatic carbocycles. The molecule has 1 amide bonds. The maximum Gasteiger partial charge on any atom is 0.335 e. The largest absolute Gasteiger partial charge is 0.478 e. The second-order valence-electron chi connectivity index (χ2n) is 4.48. The minimum atomic E-state index is -0.955. The number of benzene rings is 1. The number of carboxylic acid groups (broad SMARTS) is 1. The Morgan fingerprint density at radius 2 is 2.20 bits per heavy atom. The number of aromatic carboxylic acids is 1. The Morgan fingerprint density at radius 3 is 2.90 bits per heavy atom. The van der Waals surface area contributed by atoms with Gasteiger partial charge in [-0.3, -0.25) is 4.79 Å². The number of carbonyl (C=O) groups excluding carboxylic acids is 1. The number of carboxylic acids is 1. The van der Waals surface area contributed by atoms with Crippen LogP contribution in [0.4, 0.5) is 0 Å². The molecule has 0 spiro atoms. The van der Waals surface area contributed by atoms with E-state index in [1.807, 2.05) is 6.07 Å². The monoisotopic (exact) mass is 279 g/mol. The standard InChI is InChI=1S/C14H17NO5/c16-13(12-9-19-6-7-20-12)15-5-4-10-2-1-3-11(8-10)14(17)18/h1-3,8,12H,4-7,9H2,(H,15,16)(H,17,18)/t12-/m0/s1. The number of amides is 1. The minimum absolute atomic E-state index is 0.195. The Hall–Kier alpha value is -1.92. The summed E-state index contributed by atoms with van der Waals surface area (Å²) in [6.07, 6.45) is 0.0228. The molecular weight excluding hydrogens is 262 g/mol. The van der Waals surface area contributed by atoms with Crippen LogP contribution in [0.2, 0.25) is 0 Å². The van der Waals surface area contributed by atoms with Gasteiger partial charge in [-0.15, -0.1) is 0 Å². The summed E-state index contributed by atoms with van der Waals surface area (Å²) in [7, 11) is 0. The van der Waals surface area contributed by atoms with E-state index in [0.717, 1.165) is 5.56 Å². The third-order valence-corrected chi connectivity index (χ3v) is 3.00. The summed E-state index contributed by atoms with van der Waals surface area (Å²) in [4.78, 5) is 22.6. The molecule has 2 rings (SSSR count). The zero-order valence-electron chi connectivity index (χ0n) is 11.0. The van der Waals surface area contributed by atoms with Crippen LogP contribution in [-0.2, 0) is 20.7 Å². The molecule has 0 radical (unpaired) electrons. The minimum Gasteiger partial charge on any atom is -0.478 e. The lowest BCUT2D eigenvalue weighted by Crippen LogP contribution is -2.43. The van der Waals surface area contributed by atoms with E-state index in [1.54, 1.807) is 12.1 Å². The highest BCUT2D eigenvalue weighted by molar-refractivity contribution is 5.87. The highest BCUT2D eigenvalue weighted by atomic mass is 16.6. The van der Waals surface area contributed by atoms with E-state index in [9.17, 15) is 9.59 Å². The van der Waals surface area contributed by atoms with E-state index >= 15 is 0 Å². The molecule has 1 atom stereocenters. The van der Waals surface area contributed by atoms with Gasteiger partial charge in [-0.1, -0.05) is 12.1 Å². The first-order valence-electron chi connectivity index (χ1n) is 6.46. The second-order valence-corrected chi connectivity index (χ2v) is 4.48. The second kappa shape index (κ2) is 7.02. The normalized spacial score (nSPS) is 18.5. The predicted molar refractivity (Wildman–Crippen MR) is 70.7 cm³/mol. The quantitative estimate of drug-likeness (QED) is 0.818. The Labute approximate surface area is 116 Å². The topological polar surface area (TPSA) is 84.9 Å². The van der Waals surface area contributed by atoms with Crippen LogP contribution in [0, 0.1) is 0 Å². The van der Waals surface area contributed by atoms with Crippen LogP contribution in [0.1, 0.15) is 15.9 Å². The average Bonchev–Trinajstić information content (AvgIpc) is 2.48. The Kier molecular flexibility index (Phi) is 5.09. The molecule has 1 saturated heterocycles. The van der Waals surface area contributed by atoms with Crippen molar-refractivity contribution in [3.8, 4) is 0 Å². The zero-order valence-corrected chi connectivity index (χ0v) is 11.0. The Bertz CT molecular complexity index is 482. The summed E-state index contributed by atoms with van der Waals surface area (Å²) in [5.41, 5.74) is 1.11. The zero-order chi connectivity index (χ0) is 14.4. The first kappa shape index (κ1) is 14.5. The molecule has 0 bridgehead atoms. The van der Waals surface area contributed by atoms with E-state index in [1.165, 1.54) is 6.07 Å². The summed E-state index contributed by atoms with van der Waals surface area (Å²) < 4.78 is 10.4. The van der Waals surface area contributed by atoms with Gasteiger partial charge < -0.3 is 19.9 Å². The number of ether oxygens (including phenoxy) is 2. The van der Waals surface area contributed by atoms with Gasteiger partial charge in [0, 0.05) is 6.54 Å². The molecule has 1 aliphatic heterocycles. The Balaban J connectivity index is 1.79. The predicted octanol–water partition coefficient (Wildman–Crippen LogP) is 0.459. The van der Waals surface area contributed by atoms with Crippen molar-refractivity contribution in [3.05, 3.63) is 35.4 Å². The van der Waals surface area contributed by atoms with Crippen molar-refractivity contribution in [1.82, 2.24) is 5.32 Å². The van der Waals surface area contributed by atoms with Crippen molar-refractivity contribution < 1.29 is 24.2 Å². The molecule has 1 aromatic rings. The number of hydrogen-bond donors (Lipinski definition) is 2. The molecule has 0 saturated carbocycles. The third kappa shape index (κ3) is 4.04. The first-order valence-corrected chi connectivity index (χ1v) is 6.46. The van der Waals surface area contributed by atoms with E-state index in [2.05, 4.69) is 5.32 Å². The molecule has 0 unspecified atom stereocenters. The summed E-state index contributed by atoms with van der Waals surface area (Å²) >= 11 is 0. The molecule has 6 nitrogen and oxygen atoms in total. The molecule has 6 heteroatoms. The van der Waals surface area contributed by atoms with Crippen molar-refractivity contribution in [2.75, 3.05) is 26.4 Å². The first-order chi connectivity index (χ1) is 9.66. The fraction of sp³-hybridized carbons (Fsp3) is 0.429. The van der Waals surface area contributed by atoms with Crippen LogP contribution in [0.3, 0.4) is 0 Å². The smallest absolute Gasteiger partial charge is 0.335 e. The van der Waals surface area contributed by atoms with Crippen LogP contribution in [-0.4, -0.2) is 49.5 Å². The maximum atomic E-state index is 11.8. The number of hydrogen-bond acceptors (Lipinski definition) is 4. The average molecular weight is 279 g/mol. The van der Waals surface area contributed by atoms with Crippen molar-refractivity contribution in [2.24, 2.45) is 0 Å². The van der Waals surface area contributed by atoms with Crippen molar-refractivity contribution in [3.63, 3.8) is 0 Å². The number of carbonyl (C=O) groups is 2. The van der Waals surface area contributed by atoms with E-state index < -0.39 is 12.1 Å². The van der Waals surface area contributed by atoms with Gasteiger partial charge in [0.05, 0.1) is 25.4 Å². The van der Waals surface area contributed by atoms with E-state index in [4.69, 9.17) is 14.6 Å². The molecule has 20 heavy (non-hydrogen) atoms. The molecule has 1 aliphatic rings. The maximum absolute atomic E-state index is 11.8. The van der Waals surface area contributed by atoms with Crippen molar-refractivity contribution in [1.29, 1.82) is 0 Å². The molecule has 1 fully saturated rings. The van der Waals surface area contributed by atoms with Gasteiger partial charge in [0.15, 0.2) is 6.10 Å². The van der Waals surface area contributed by atoms with Gasteiger partial charge in [0.25, 0.3) is 5.91 Å². The number of rotatable bonds is 5. The molecule has 1 heterocycles. The molecule has 0 aliphatic carbocycles. The van der Waals surface area contributed by atoms with Gasteiger partial charge in [-0.25, -0.2) is 4.79 Å². The van der Waals surface area contributed by atoms with E-state index in [-0.39, 0.29) is 18.1 Å². The summed E-state index contributed by atoms with van der Waals surface area (Å²) in [5.74, 6) is -1.15. The third-order valence-electron chi connectivity index (χ3n) is 3.00. The Morgan fingerprint density at radius 1 is 1.35 bits per heavy atom. The van der Waals surface area contributed by atoms with Gasteiger partial charge >= 0.3 is 5.97 Å². The summed E-state index contributed by atoms with van der Waals surface area (Å²) in [6, 6.07) is 6.67. The van der Waals surface area contributed by atoms with Gasteiger partial charge in [0.1, 0.15) is 0 Å². The van der Waals surface area contributed by atoms with Gasteiger partial charge in [-0.2, -0.15) is 0 Å². The molecular formula is C14H17NO5. The van der Waals surface area contributed by atoms with Crippen LogP contribution in [0.15, 0.2) is 24.3 Å². The van der Waals surface area contributed by atoms with E-state index in [0.29, 0.717) is 26.2 Å². The summed E-state index contributed by atoms with van der Waals surface area (Å²) in [6.45, 7) is 1.66. The van der Waals surface area contributed by atoms with Crippen LogP contribution in [0.25, 0.3) is 0 Å². The van der Waals surface area contributed by atoms with Gasteiger partial charge in [-0.05, 0) is 24.1 Å². The highest BCUT2D eigenvalue weighted by Crippen LogP contribution is 2.06. The molecule has 0 aromatic heterocycles. The molecule has 2 N–H and O–H groups in total. The lowest BCUT2D eigenvalue weighted by molar-refractivity contribution is -0.147. The van der Waals surface area contributed by atoms with Gasteiger partial charge in [0.2, 0.25) is 0 Å².